The molecule has 0 radical (unpaired) electrons. The van der Waals surface area contributed by atoms with Gasteiger partial charge >= 0.3 is 0 Å². The normalized spacial score (nSPS) is 34.6. The van der Waals surface area contributed by atoms with E-state index in [1.807, 2.05) is 44.2 Å². The smallest absolute Gasteiger partial charge is 0.256 e. The van der Waals surface area contributed by atoms with E-state index in [-0.39, 0.29) is 25.2 Å². The Bertz CT molecular complexity index is 900. The number of carbonyl (C=O) groups excluding carboxylic acids is 1. The fraction of sp³-hybridized carbons (Fsp3) is 0.679. The number of benzene rings is 1. The molecule has 3 rings (SSSR count). The van der Waals surface area contributed by atoms with Gasteiger partial charge < -0.3 is 43.2 Å². The van der Waals surface area contributed by atoms with Gasteiger partial charge in [0.2, 0.25) is 5.79 Å². The molecule has 2 aliphatic rings. The lowest BCUT2D eigenvalue weighted by molar-refractivity contribution is -0.307. The molecule has 0 bridgehead atoms. The second-order valence-electron chi connectivity index (χ2n) is 9.80. The highest BCUT2D eigenvalue weighted by Gasteiger charge is 2.53. The molecule has 10 nitrogen and oxygen atoms in total. The lowest BCUT2D eigenvalue weighted by Crippen LogP contribution is -2.67. The van der Waals surface area contributed by atoms with Crippen LogP contribution in [-0.4, -0.2) is 96.7 Å². The minimum absolute atomic E-state index is 0.0962. The molecule has 2 fully saturated rings. The minimum atomic E-state index is -1.39. The molecule has 0 aromatic heterocycles. The van der Waals surface area contributed by atoms with Crippen LogP contribution in [-0.2, 0) is 49.3 Å². The summed E-state index contributed by atoms with van der Waals surface area (Å²) in [6.45, 7) is 8.60. The molecule has 214 valence electrons. The van der Waals surface area contributed by atoms with Crippen molar-refractivity contribution in [1.29, 1.82) is 0 Å². The molecule has 0 saturated carbocycles. The van der Waals surface area contributed by atoms with Crippen molar-refractivity contribution in [3.63, 3.8) is 0 Å². The van der Waals surface area contributed by atoms with Gasteiger partial charge in [-0.2, -0.15) is 0 Å². The summed E-state index contributed by atoms with van der Waals surface area (Å²) in [4.78, 5) is 14.0. The van der Waals surface area contributed by atoms with Crippen molar-refractivity contribution in [2.75, 3.05) is 42.2 Å². The molecule has 1 aromatic carbocycles. The molecular formula is C28H43NO9. The number of methoxy groups -OCH3 is 5. The molecule has 2 heterocycles. The molecule has 2 saturated heterocycles. The first-order chi connectivity index (χ1) is 18.2. The van der Waals surface area contributed by atoms with Crippen LogP contribution >= 0.6 is 0 Å². The molecule has 1 amide bonds. The summed E-state index contributed by atoms with van der Waals surface area (Å²) in [5.74, 6) is -1.77. The zero-order valence-electron chi connectivity index (χ0n) is 23.5. The maximum Gasteiger partial charge on any atom is 0.256 e. The van der Waals surface area contributed by atoms with Gasteiger partial charge in [0, 0.05) is 47.9 Å². The van der Waals surface area contributed by atoms with Crippen LogP contribution in [0.2, 0.25) is 0 Å². The molecule has 0 spiro atoms. The number of ether oxygens (including phenoxy) is 8. The monoisotopic (exact) mass is 537 g/mol. The van der Waals surface area contributed by atoms with E-state index >= 15 is 0 Å². The first-order valence-electron chi connectivity index (χ1n) is 12.8. The van der Waals surface area contributed by atoms with Crippen molar-refractivity contribution in [1.82, 2.24) is 5.32 Å². The fourth-order valence-electron chi connectivity index (χ4n) is 5.16. The van der Waals surface area contributed by atoms with Gasteiger partial charge in [0.25, 0.3) is 5.91 Å². The Morgan fingerprint density at radius 2 is 1.71 bits per heavy atom. The topological polar surface area (TPSA) is 103 Å². The third kappa shape index (κ3) is 6.63. The maximum atomic E-state index is 14.0. The molecule has 38 heavy (non-hydrogen) atoms. The van der Waals surface area contributed by atoms with Gasteiger partial charge in [-0.25, -0.2) is 0 Å². The van der Waals surface area contributed by atoms with E-state index in [9.17, 15) is 4.79 Å². The van der Waals surface area contributed by atoms with Crippen LogP contribution in [0.3, 0.4) is 0 Å². The first kappa shape index (κ1) is 30.6. The molecule has 0 aliphatic carbocycles. The van der Waals surface area contributed by atoms with Gasteiger partial charge in [0.1, 0.15) is 24.4 Å². The summed E-state index contributed by atoms with van der Waals surface area (Å²) in [7, 11) is 7.74. The highest BCUT2D eigenvalue weighted by Crippen LogP contribution is 2.40. The first-order valence-corrected chi connectivity index (χ1v) is 12.8. The van der Waals surface area contributed by atoms with Crippen LogP contribution in [0.15, 0.2) is 42.5 Å². The summed E-state index contributed by atoms with van der Waals surface area (Å²) < 4.78 is 47.2. The van der Waals surface area contributed by atoms with Crippen LogP contribution in [0.4, 0.5) is 0 Å². The number of hydrogen-bond donors (Lipinski definition) is 1. The molecule has 10 heteroatoms. The lowest BCUT2D eigenvalue weighted by atomic mass is 9.85. The average molecular weight is 538 g/mol. The van der Waals surface area contributed by atoms with E-state index in [1.165, 1.54) is 14.2 Å². The van der Waals surface area contributed by atoms with Crippen LogP contribution in [0, 0.1) is 5.92 Å². The van der Waals surface area contributed by atoms with Crippen molar-refractivity contribution in [2.24, 2.45) is 5.92 Å². The largest absolute Gasteiger partial charge is 0.382 e. The zero-order valence-corrected chi connectivity index (χ0v) is 23.5. The molecule has 0 unspecified atom stereocenters. The number of carbonyl (C=O) groups is 1. The predicted molar refractivity (Wildman–Crippen MR) is 139 cm³/mol. The summed E-state index contributed by atoms with van der Waals surface area (Å²) in [6, 6.07) is 9.59. The van der Waals surface area contributed by atoms with Gasteiger partial charge in [-0.15, -0.1) is 0 Å². The molecule has 1 aromatic rings. The van der Waals surface area contributed by atoms with Crippen LogP contribution in [0.25, 0.3) is 0 Å². The van der Waals surface area contributed by atoms with Crippen molar-refractivity contribution in [3.8, 4) is 0 Å². The Morgan fingerprint density at radius 1 is 1.05 bits per heavy atom. The van der Waals surface area contributed by atoms with E-state index in [2.05, 4.69) is 11.9 Å². The van der Waals surface area contributed by atoms with Gasteiger partial charge in [-0.1, -0.05) is 49.4 Å². The molecule has 1 N–H and O–H groups in total. The molecular weight excluding hydrogens is 494 g/mol. The summed E-state index contributed by atoms with van der Waals surface area (Å²) in [5, 5.41) is 2.96. The predicted octanol–water partition coefficient (Wildman–Crippen LogP) is 2.45. The fourth-order valence-corrected chi connectivity index (χ4v) is 5.16. The second kappa shape index (κ2) is 14.0. The summed E-state index contributed by atoms with van der Waals surface area (Å²) in [5.41, 5.74) is 1.82. The number of hydrogen-bond acceptors (Lipinski definition) is 9. The highest BCUT2D eigenvalue weighted by atomic mass is 16.7. The summed E-state index contributed by atoms with van der Waals surface area (Å²) >= 11 is 0. The average Bonchev–Trinajstić information content (AvgIpc) is 2.92. The highest BCUT2D eigenvalue weighted by molar-refractivity contribution is 5.82. The van der Waals surface area contributed by atoms with E-state index in [1.54, 1.807) is 21.3 Å². The van der Waals surface area contributed by atoms with Gasteiger partial charge in [-0.3, -0.25) is 4.79 Å². The minimum Gasteiger partial charge on any atom is -0.382 e. The zero-order chi connectivity index (χ0) is 27.9. The van der Waals surface area contributed by atoms with Crippen molar-refractivity contribution in [3.05, 3.63) is 48.0 Å². The third-order valence-corrected chi connectivity index (χ3v) is 7.52. The second-order valence-corrected chi connectivity index (χ2v) is 9.80. The molecule has 2 aliphatic heterocycles. The quantitative estimate of drug-likeness (QED) is 0.403. The van der Waals surface area contributed by atoms with E-state index < -0.39 is 48.4 Å². The van der Waals surface area contributed by atoms with E-state index in [4.69, 9.17) is 37.9 Å². The van der Waals surface area contributed by atoms with Crippen molar-refractivity contribution < 1.29 is 42.7 Å². The van der Waals surface area contributed by atoms with Crippen molar-refractivity contribution >= 4 is 5.91 Å². The van der Waals surface area contributed by atoms with Crippen LogP contribution < -0.4 is 5.32 Å². The standard InChI is InChI=1S/C28H43NO9/c1-17-14-28(35-8,38-19(3)18(17)2)25(36-15-20-12-10-9-11-13-20)26(30)29-27-24(34-7)23(33-6)22(32-5)21(37-27)16-31-4/h9-13,18-19,21-25,27H,1,14-16H2,2-8H3,(H,29,30)/t18-,19-,21-,22-,23+,24-,25-,27-,28-/m1/s1. The van der Waals surface area contributed by atoms with E-state index in [0.29, 0.717) is 6.42 Å². The lowest BCUT2D eigenvalue weighted by Gasteiger charge is -2.47. The van der Waals surface area contributed by atoms with E-state index in [0.717, 1.165) is 11.1 Å². The van der Waals surface area contributed by atoms with Crippen LogP contribution in [0.5, 0.6) is 0 Å². The Balaban J connectivity index is 1.91. The molecule has 9 atom stereocenters. The van der Waals surface area contributed by atoms with Crippen molar-refractivity contribution in [2.45, 2.75) is 75.5 Å². The number of nitrogens with one attached hydrogen (secondary N) is 1. The Hall–Kier alpha value is -1.89. The Kier molecular flexibility index (Phi) is 11.3. The van der Waals surface area contributed by atoms with Gasteiger partial charge in [0.15, 0.2) is 12.3 Å². The summed E-state index contributed by atoms with van der Waals surface area (Å²) in [6.07, 6.45) is -4.17. The Morgan fingerprint density at radius 3 is 2.26 bits per heavy atom. The van der Waals surface area contributed by atoms with Gasteiger partial charge in [0.05, 0.1) is 19.3 Å². The van der Waals surface area contributed by atoms with Crippen LogP contribution in [0.1, 0.15) is 25.8 Å². The van der Waals surface area contributed by atoms with Gasteiger partial charge in [-0.05, 0) is 12.5 Å². The number of amides is 1. The SMILES string of the molecule is C=C1C[C@](OC)([C@H](OCc2ccccc2)C(=O)N[C@@H]2O[C@H](COC)[C@@H](OC)[C@H](OC)[C@H]2OC)O[C@H](C)[C@@H]1C. The number of rotatable bonds is 12. The third-order valence-electron chi connectivity index (χ3n) is 7.52. The maximum absolute atomic E-state index is 14.0. The Labute approximate surface area is 225 Å².